The van der Waals surface area contributed by atoms with Crippen LogP contribution in [-0.2, 0) is 29.0 Å². The molecule has 0 saturated carbocycles. The van der Waals surface area contributed by atoms with Crippen molar-refractivity contribution in [2.75, 3.05) is 18.9 Å². The first-order chi connectivity index (χ1) is 18.1. The van der Waals surface area contributed by atoms with Crippen molar-refractivity contribution in [3.63, 3.8) is 0 Å². The lowest BCUT2D eigenvalue weighted by Gasteiger charge is -2.25. The van der Waals surface area contributed by atoms with Crippen LogP contribution in [-0.4, -0.2) is 58.3 Å². The van der Waals surface area contributed by atoms with E-state index in [2.05, 4.69) is 15.2 Å². The first-order valence-corrected chi connectivity index (χ1v) is 13.2. The molecule has 1 aromatic carbocycles. The van der Waals surface area contributed by atoms with E-state index in [9.17, 15) is 19.7 Å². The zero-order valence-corrected chi connectivity index (χ0v) is 21.4. The molecular formula is C23H27FN6O7P+. The number of nitrogens with zero attached hydrogens (tertiary/aromatic N) is 3. The summed E-state index contributed by atoms with van der Waals surface area (Å²) in [5, 5.41) is 27.2. The number of esters is 1. The number of hydrogen-bond acceptors (Lipinski definition) is 10. The molecule has 38 heavy (non-hydrogen) atoms. The molecule has 0 amide bonds. The summed E-state index contributed by atoms with van der Waals surface area (Å²) in [5.41, 5.74) is 3.96. The number of aromatic nitrogens is 3. The number of rotatable bonds is 10. The molecule has 0 bridgehead atoms. The molecule has 1 aliphatic heterocycles. The quantitative estimate of drug-likeness (QED) is 0.244. The van der Waals surface area contributed by atoms with Crippen molar-refractivity contribution in [2.24, 2.45) is 0 Å². The molecule has 0 radical (unpaired) electrons. The number of carbonyl (C=O) groups is 1. The maximum absolute atomic E-state index is 15.5. The zero-order valence-electron chi connectivity index (χ0n) is 20.5. The second kappa shape index (κ2) is 11.0. The van der Waals surface area contributed by atoms with E-state index in [0.717, 1.165) is 0 Å². The SMILES string of the molecule is CCOC(=O)[C@H](C)NP(=O)(OC[C@H]1O[C@@](C#N)(c2ccc3c(N)[nH+]cnn23)[C@H](F)[C@@H]1O)Oc1ccccc1. The van der Waals surface area contributed by atoms with Gasteiger partial charge in [-0.05, 0) is 43.2 Å². The third-order valence-corrected chi connectivity index (χ3v) is 7.49. The van der Waals surface area contributed by atoms with Crippen LogP contribution in [0, 0.1) is 11.3 Å². The van der Waals surface area contributed by atoms with Gasteiger partial charge in [-0.2, -0.15) is 14.9 Å². The Morgan fingerprint density at radius 1 is 1.42 bits per heavy atom. The minimum Gasteiger partial charge on any atom is -0.465 e. The molecule has 4 rings (SSSR count). The van der Waals surface area contributed by atoms with Gasteiger partial charge in [0.05, 0.1) is 13.2 Å². The molecule has 3 aromatic rings. The van der Waals surface area contributed by atoms with E-state index in [1.165, 1.54) is 42.0 Å². The standard InChI is InChI=1S/C23H26FN6O7P/c1-3-34-22(32)14(2)29-38(33,37-15-7-5-4-6-8-15)35-11-17-19(31)20(24)23(12-25,36-17)18-10-9-16-21(26)27-13-28-30(16)18/h4-10,13-14,17,19-20,31H,3,11H2,1-2H3,(H,29,33)(H2,26,27,28)/p+1/t14-,17+,19+,20+,23-,38?/m0/s1. The van der Waals surface area contributed by atoms with E-state index < -0.39 is 50.3 Å². The number of alkyl halides is 1. The number of benzene rings is 1. The number of fused-ring (bicyclic) bond motifs is 1. The number of aromatic amines is 1. The number of carbonyl (C=O) groups excluding carboxylic acids is 1. The van der Waals surface area contributed by atoms with Gasteiger partial charge in [0.1, 0.15) is 35.8 Å². The first kappa shape index (κ1) is 27.4. The van der Waals surface area contributed by atoms with Crippen LogP contribution in [0.15, 0.2) is 48.8 Å². The highest BCUT2D eigenvalue weighted by molar-refractivity contribution is 7.52. The minimum atomic E-state index is -4.32. The Balaban J connectivity index is 1.58. The molecule has 202 valence electrons. The molecule has 0 spiro atoms. The van der Waals surface area contributed by atoms with E-state index >= 15 is 4.39 Å². The fourth-order valence-corrected chi connectivity index (χ4v) is 5.49. The Labute approximate surface area is 216 Å². The topological polar surface area (TPSA) is 185 Å². The highest BCUT2D eigenvalue weighted by Gasteiger charge is 2.59. The van der Waals surface area contributed by atoms with Gasteiger partial charge in [-0.15, -0.1) is 0 Å². The van der Waals surface area contributed by atoms with Crippen molar-refractivity contribution in [3.8, 4) is 11.8 Å². The summed E-state index contributed by atoms with van der Waals surface area (Å²) in [7, 11) is -4.32. The summed E-state index contributed by atoms with van der Waals surface area (Å²) in [6, 6.07) is 11.6. The number of aliphatic hydroxyl groups excluding tert-OH is 1. The summed E-state index contributed by atoms with van der Waals surface area (Å²) in [6.07, 6.45) is -4.27. The normalized spacial score (nSPS) is 25.4. The first-order valence-electron chi connectivity index (χ1n) is 11.6. The lowest BCUT2D eigenvalue weighted by molar-refractivity contribution is -0.365. The number of H-pyrrole nitrogens is 1. The lowest BCUT2D eigenvalue weighted by atomic mass is 9.94. The predicted octanol–water partition coefficient (Wildman–Crippen LogP) is 1.29. The second-order valence-corrected chi connectivity index (χ2v) is 10.1. The van der Waals surface area contributed by atoms with E-state index in [1.54, 1.807) is 31.2 Å². The number of halogens is 1. The van der Waals surface area contributed by atoms with Crippen LogP contribution < -0.4 is 20.3 Å². The Bertz CT molecular complexity index is 1390. The summed E-state index contributed by atoms with van der Waals surface area (Å²) < 4.78 is 52.1. The number of anilines is 1. The Morgan fingerprint density at radius 3 is 2.84 bits per heavy atom. The van der Waals surface area contributed by atoms with Gasteiger partial charge in [0.2, 0.25) is 17.7 Å². The van der Waals surface area contributed by atoms with Crippen LogP contribution in [0.4, 0.5) is 10.2 Å². The molecule has 13 nitrogen and oxygen atoms in total. The number of nitrogen functional groups attached to an aromatic ring is 1. The molecule has 0 aliphatic carbocycles. The lowest BCUT2D eigenvalue weighted by Crippen LogP contribution is -2.38. The predicted molar refractivity (Wildman–Crippen MR) is 129 cm³/mol. The van der Waals surface area contributed by atoms with E-state index in [-0.39, 0.29) is 23.9 Å². The van der Waals surface area contributed by atoms with Crippen LogP contribution in [0.2, 0.25) is 0 Å². The number of nitrogens with one attached hydrogen (secondary N) is 2. The van der Waals surface area contributed by atoms with Crippen LogP contribution in [0.5, 0.6) is 5.75 Å². The van der Waals surface area contributed by atoms with Crippen molar-refractivity contribution >= 4 is 25.1 Å². The molecule has 1 aliphatic rings. The molecule has 15 heteroatoms. The molecular weight excluding hydrogens is 522 g/mol. The number of aliphatic hydroxyl groups is 1. The van der Waals surface area contributed by atoms with Crippen molar-refractivity contribution in [1.29, 1.82) is 5.26 Å². The summed E-state index contributed by atoms with van der Waals surface area (Å²) in [4.78, 5) is 14.8. The second-order valence-electron chi connectivity index (χ2n) is 8.41. The fraction of sp³-hybridized carbons (Fsp3) is 0.391. The van der Waals surface area contributed by atoms with Crippen LogP contribution in [0.25, 0.3) is 5.52 Å². The van der Waals surface area contributed by atoms with Gasteiger partial charge >= 0.3 is 13.7 Å². The van der Waals surface area contributed by atoms with Crippen LogP contribution in [0.3, 0.4) is 0 Å². The maximum Gasteiger partial charge on any atom is 0.459 e. The van der Waals surface area contributed by atoms with Crippen molar-refractivity contribution < 1.29 is 42.4 Å². The van der Waals surface area contributed by atoms with Crippen molar-refractivity contribution in [2.45, 2.75) is 43.9 Å². The van der Waals surface area contributed by atoms with Gasteiger partial charge in [0, 0.05) is 0 Å². The fourth-order valence-electron chi connectivity index (χ4n) is 3.99. The van der Waals surface area contributed by atoms with Gasteiger partial charge in [-0.1, -0.05) is 18.2 Å². The van der Waals surface area contributed by atoms with Gasteiger partial charge in [0.25, 0.3) is 0 Å². The molecule has 1 saturated heterocycles. The van der Waals surface area contributed by atoms with E-state index in [4.69, 9.17) is 24.3 Å². The van der Waals surface area contributed by atoms with Crippen LogP contribution >= 0.6 is 7.75 Å². The largest absolute Gasteiger partial charge is 0.465 e. The summed E-state index contributed by atoms with van der Waals surface area (Å²) >= 11 is 0. The molecule has 1 unspecified atom stereocenters. The van der Waals surface area contributed by atoms with Crippen molar-refractivity contribution in [1.82, 2.24) is 14.7 Å². The molecule has 3 heterocycles. The maximum atomic E-state index is 15.5. The summed E-state index contributed by atoms with van der Waals surface area (Å²) in [5.74, 6) is -0.335. The molecule has 5 N–H and O–H groups in total. The third-order valence-electron chi connectivity index (χ3n) is 5.85. The average Bonchev–Trinajstić information content (AvgIpc) is 3.44. The zero-order chi connectivity index (χ0) is 27.5. The van der Waals surface area contributed by atoms with Crippen molar-refractivity contribution in [3.05, 3.63) is 54.5 Å². The molecule has 6 atom stereocenters. The van der Waals surface area contributed by atoms with Gasteiger partial charge in [-0.25, -0.2) is 13.9 Å². The smallest absolute Gasteiger partial charge is 0.459 e. The van der Waals surface area contributed by atoms with Gasteiger partial charge in [0.15, 0.2) is 11.7 Å². The highest BCUT2D eigenvalue weighted by atomic mass is 31.2. The number of hydrogen-bond donors (Lipinski definition) is 3. The minimum absolute atomic E-state index is 0.0115. The average molecular weight is 549 g/mol. The Hall–Kier alpha value is -3.60. The van der Waals surface area contributed by atoms with Gasteiger partial charge in [-0.3, -0.25) is 9.32 Å². The molecule has 1 fully saturated rings. The van der Waals surface area contributed by atoms with E-state index in [1.807, 2.05) is 0 Å². The number of ether oxygens (including phenoxy) is 2. The Morgan fingerprint density at radius 2 is 2.16 bits per heavy atom. The number of nitrogens with two attached hydrogens (primary N) is 1. The Kier molecular flexibility index (Phi) is 7.96. The highest BCUT2D eigenvalue weighted by Crippen LogP contribution is 2.47. The number of nitriles is 1. The summed E-state index contributed by atoms with van der Waals surface area (Å²) in [6.45, 7) is 2.45. The number of para-hydroxylation sites is 1. The monoisotopic (exact) mass is 549 g/mol. The van der Waals surface area contributed by atoms with E-state index in [0.29, 0.717) is 5.52 Å². The van der Waals surface area contributed by atoms with Gasteiger partial charge < -0.3 is 24.8 Å². The van der Waals surface area contributed by atoms with Crippen LogP contribution in [0.1, 0.15) is 19.5 Å². The molecule has 2 aromatic heterocycles. The third kappa shape index (κ3) is 5.20.